The van der Waals surface area contributed by atoms with Gasteiger partial charge in [0, 0.05) is 18.6 Å². The van der Waals surface area contributed by atoms with E-state index in [2.05, 4.69) is 21.6 Å². The molecule has 0 aliphatic heterocycles. The van der Waals surface area contributed by atoms with Gasteiger partial charge < -0.3 is 9.88 Å². The molecule has 2 rings (SSSR count). The Morgan fingerprint density at radius 2 is 2.18 bits per heavy atom. The van der Waals surface area contributed by atoms with Crippen molar-refractivity contribution in [3.8, 4) is 0 Å². The van der Waals surface area contributed by atoms with Crippen LogP contribution in [0.3, 0.4) is 0 Å². The van der Waals surface area contributed by atoms with E-state index in [-0.39, 0.29) is 0 Å². The number of rotatable bonds is 4. The summed E-state index contributed by atoms with van der Waals surface area (Å²) in [5, 5.41) is 11.9. The lowest BCUT2D eigenvalue weighted by Gasteiger charge is -2.06. The molecule has 0 aliphatic rings. The number of aromatic nitrogens is 3. The summed E-state index contributed by atoms with van der Waals surface area (Å²) in [7, 11) is 1.93. The second-order valence-corrected chi connectivity index (χ2v) is 4.45. The number of hydrogen-bond donors (Lipinski definition) is 1. The average molecular weight is 251 g/mol. The molecule has 0 bridgehead atoms. The van der Waals surface area contributed by atoms with Crippen LogP contribution in [0.15, 0.2) is 24.5 Å². The van der Waals surface area contributed by atoms with Crippen LogP contribution in [0.4, 0.5) is 0 Å². The number of aryl methyl sites for hydroxylation is 2. The largest absolute Gasteiger partial charge is 0.320 e. The minimum absolute atomic E-state index is 0.696. The van der Waals surface area contributed by atoms with Crippen molar-refractivity contribution in [1.29, 1.82) is 0 Å². The summed E-state index contributed by atoms with van der Waals surface area (Å²) in [5.41, 5.74) is 2.27. The minimum atomic E-state index is 0.696. The number of benzene rings is 1. The second kappa shape index (κ2) is 5.29. The quantitative estimate of drug-likeness (QED) is 0.903. The zero-order chi connectivity index (χ0) is 12.3. The molecular weight excluding hydrogens is 236 g/mol. The fourth-order valence-electron chi connectivity index (χ4n) is 1.53. The van der Waals surface area contributed by atoms with Gasteiger partial charge in [0.2, 0.25) is 0 Å². The molecule has 0 unspecified atom stereocenters. The van der Waals surface area contributed by atoms with Gasteiger partial charge in [0.25, 0.3) is 0 Å². The van der Waals surface area contributed by atoms with E-state index < -0.39 is 0 Å². The molecule has 0 amide bonds. The molecule has 0 fully saturated rings. The molecule has 2 aromatic rings. The number of hydrogen-bond acceptors (Lipinski definition) is 3. The van der Waals surface area contributed by atoms with Gasteiger partial charge in [-0.1, -0.05) is 23.7 Å². The molecule has 0 atom stereocenters. The number of nitrogens with one attached hydrogen (secondary N) is 1. The molecule has 0 spiro atoms. The number of halogens is 1. The first-order valence-electron chi connectivity index (χ1n) is 5.45. The normalized spacial score (nSPS) is 10.8. The lowest BCUT2D eigenvalue weighted by Crippen LogP contribution is -2.15. The van der Waals surface area contributed by atoms with Crippen molar-refractivity contribution in [2.24, 2.45) is 7.05 Å². The average Bonchev–Trinajstić information content (AvgIpc) is 2.70. The van der Waals surface area contributed by atoms with E-state index in [1.165, 1.54) is 5.56 Å². The van der Waals surface area contributed by atoms with Gasteiger partial charge in [0.15, 0.2) is 0 Å². The van der Waals surface area contributed by atoms with Gasteiger partial charge in [-0.15, -0.1) is 10.2 Å². The second-order valence-electron chi connectivity index (χ2n) is 4.05. The van der Waals surface area contributed by atoms with Gasteiger partial charge in [-0.25, -0.2) is 0 Å². The summed E-state index contributed by atoms with van der Waals surface area (Å²) in [6, 6.07) is 6.09. The molecule has 90 valence electrons. The van der Waals surface area contributed by atoms with Crippen molar-refractivity contribution in [3.63, 3.8) is 0 Å². The molecule has 0 aliphatic carbocycles. The minimum Gasteiger partial charge on any atom is -0.320 e. The Balaban J connectivity index is 1.90. The van der Waals surface area contributed by atoms with Crippen LogP contribution in [0.2, 0.25) is 5.02 Å². The summed E-state index contributed by atoms with van der Waals surface area (Å²) in [4.78, 5) is 0. The Morgan fingerprint density at radius 3 is 2.82 bits per heavy atom. The third kappa shape index (κ3) is 3.05. The van der Waals surface area contributed by atoms with E-state index in [0.717, 1.165) is 23.0 Å². The third-order valence-electron chi connectivity index (χ3n) is 2.65. The van der Waals surface area contributed by atoms with Gasteiger partial charge in [0.1, 0.15) is 12.2 Å². The van der Waals surface area contributed by atoms with E-state index >= 15 is 0 Å². The Bertz CT molecular complexity index is 507. The van der Waals surface area contributed by atoms with Crippen molar-refractivity contribution in [2.45, 2.75) is 20.0 Å². The highest BCUT2D eigenvalue weighted by Crippen LogP contribution is 2.16. The molecule has 1 aromatic carbocycles. The molecule has 1 heterocycles. The molecule has 1 aromatic heterocycles. The Morgan fingerprint density at radius 1 is 1.35 bits per heavy atom. The molecule has 0 radical (unpaired) electrons. The van der Waals surface area contributed by atoms with Crippen LogP contribution in [0.5, 0.6) is 0 Å². The maximum Gasteiger partial charge on any atom is 0.146 e. The van der Waals surface area contributed by atoms with Crippen LogP contribution < -0.4 is 5.32 Å². The topological polar surface area (TPSA) is 42.7 Å². The zero-order valence-electron chi connectivity index (χ0n) is 9.94. The first-order chi connectivity index (χ1) is 8.16. The Kier molecular flexibility index (Phi) is 3.76. The van der Waals surface area contributed by atoms with E-state index in [9.17, 15) is 0 Å². The summed E-state index contributed by atoms with van der Waals surface area (Å²) in [6.07, 6.45) is 1.69. The molecule has 0 saturated heterocycles. The summed E-state index contributed by atoms with van der Waals surface area (Å²) >= 11 is 6.06. The van der Waals surface area contributed by atoms with E-state index in [4.69, 9.17) is 11.6 Å². The van der Waals surface area contributed by atoms with Gasteiger partial charge in [-0.05, 0) is 24.1 Å². The van der Waals surface area contributed by atoms with Crippen molar-refractivity contribution >= 4 is 11.6 Å². The van der Waals surface area contributed by atoms with Crippen LogP contribution in [-0.2, 0) is 20.1 Å². The van der Waals surface area contributed by atoms with Gasteiger partial charge in [-0.3, -0.25) is 0 Å². The van der Waals surface area contributed by atoms with Crippen LogP contribution >= 0.6 is 11.6 Å². The highest BCUT2D eigenvalue weighted by molar-refractivity contribution is 6.31. The lowest BCUT2D eigenvalue weighted by molar-refractivity contribution is 0.637. The molecule has 17 heavy (non-hydrogen) atoms. The van der Waals surface area contributed by atoms with Crippen molar-refractivity contribution in [3.05, 3.63) is 46.5 Å². The van der Waals surface area contributed by atoms with Gasteiger partial charge in [0.05, 0.1) is 6.54 Å². The maximum absolute atomic E-state index is 6.06. The van der Waals surface area contributed by atoms with Crippen LogP contribution in [0.1, 0.15) is 17.0 Å². The Labute approximate surface area is 106 Å². The fourth-order valence-corrected chi connectivity index (χ4v) is 1.74. The van der Waals surface area contributed by atoms with Crippen LogP contribution in [0, 0.1) is 6.92 Å². The first kappa shape index (κ1) is 12.1. The van der Waals surface area contributed by atoms with Gasteiger partial charge in [-0.2, -0.15) is 0 Å². The highest BCUT2D eigenvalue weighted by atomic mass is 35.5. The standard InChI is InChI=1S/C12H15ClN4/c1-9-3-4-10(5-11(9)13)6-14-7-12-16-15-8-17(12)2/h3-5,8,14H,6-7H2,1-2H3. The smallest absolute Gasteiger partial charge is 0.146 e. The predicted octanol–water partition coefficient (Wildman–Crippen LogP) is 2.07. The summed E-state index contributed by atoms with van der Waals surface area (Å²) in [6.45, 7) is 3.47. The monoisotopic (exact) mass is 250 g/mol. The van der Waals surface area contributed by atoms with Crippen LogP contribution in [-0.4, -0.2) is 14.8 Å². The maximum atomic E-state index is 6.06. The molecular formula is C12H15ClN4. The fraction of sp³-hybridized carbons (Fsp3) is 0.333. The molecule has 5 heteroatoms. The number of nitrogens with zero attached hydrogens (tertiary/aromatic N) is 3. The van der Waals surface area contributed by atoms with E-state index in [0.29, 0.717) is 6.54 Å². The lowest BCUT2D eigenvalue weighted by atomic mass is 10.1. The van der Waals surface area contributed by atoms with Crippen molar-refractivity contribution in [1.82, 2.24) is 20.1 Å². The van der Waals surface area contributed by atoms with Crippen LogP contribution in [0.25, 0.3) is 0 Å². The van der Waals surface area contributed by atoms with E-state index in [1.54, 1.807) is 6.33 Å². The van der Waals surface area contributed by atoms with E-state index in [1.807, 2.05) is 30.7 Å². The summed E-state index contributed by atoms with van der Waals surface area (Å²) in [5.74, 6) is 0.920. The SMILES string of the molecule is Cc1ccc(CNCc2nncn2C)cc1Cl. The molecule has 1 N–H and O–H groups in total. The summed E-state index contributed by atoms with van der Waals surface area (Å²) < 4.78 is 1.90. The highest BCUT2D eigenvalue weighted by Gasteiger charge is 2.01. The van der Waals surface area contributed by atoms with Gasteiger partial charge >= 0.3 is 0 Å². The third-order valence-corrected chi connectivity index (χ3v) is 3.06. The molecule has 0 saturated carbocycles. The molecule has 4 nitrogen and oxygen atoms in total. The zero-order valence-corrected chi connectivity index (χ0v) is 10.7. The predicted molar refractivity (Wildman–Crippen MR) is 67.7 cm³/mol. The Hall–Kier alpha value is -1.39. The van der Waals surface area contributed by atoms with Crippen molar-refractivity contribution in [2.75, 3.05) is 0 Å². The first-order valence-corrected chi connectivity index (χ1v) is 5.83. The van der Waals surface area contributed by atoms with Crippen molar-refractivity contribution < 1.29 is 0 Å².